The first-order valence-corrected chi connectivity index (χ1v) is 10.6. The van der Waals surface area contributed by atoms with Gasteiger partial charge in [-0.1, -0.05) is 11.2 Å². The number of hydrogen-bond acceptors (Lipinski definition) is 6. The molecule has 5 aromatic rings. The molecule has 0 radical (unpaired) electrons. The van der Waals surface area contributed by atoms with Gasteiger partial charge in [-0.3, -0.25) is 4.98 Å². The standard InChI is InChI=1S/C24H22FN5O3/c1-14-8-22(33-29-14)18-11-20(25)24-28-27-23(30(24)13-18)15(2)16-4-5-21-17(9-16)10-19(12-26-21)32-7-6-31-3/h4-5,8-13,15H,6-7H2,1-3H3/p+1/t15-/m0/s1. The number of aromatic nitrogens is 5. The maximum absolute atomic E-state index is 14.8. The minimum absolute atomic E-state index is 0.103. The Labute approximate surface area is 189 Å². The average molecular weight is 448 g/mol. The largest absolute Gasteiger partial charge is 0.490 e. The van der Waals surface area contributed by atoms with E-state index in [1.807, 2.05) is 32.0 Å². The van der Waals surface area contributed by atoms with Crippen LogP contribution in [0.25, 0.3) is 27.9 Å². The van der Waals surface area contributed by atoms with E-state index in [2.05, 4.69) is 26.4 Å². The second kappa shape index (κ2) is 8.59. The number of benzene rings is 1. The van der Waals surface area contributed by atoms with E-state index in [0.717, 1.165) is 28.0 Å². The number of aromatic amines is 1. The van der Waals surface area contributed by atoms with E-state index in [4.69, 9.17) is 14.0 Å². The number of H-pyrrole nitrogens is 1. The minimum atomic E-state index is -0.447. The van der Waals surface area contributed by atoms with Crippen molar-refractivity contribution in [3.8, 4) is 17.1 Å². The van der Waals surface area contributed by atoms with Gasteiger partial charge in [-0.2, -0.15) is 8.79 Å². The van der Waals surface area contributed by atoms with Crippen molar-refractivity contribution in [3.05, 3.63) is 71.7 Å². The molecule has 0 amide bonds. The van der Waals surface area contributed by atoms with Crippen LogP contribution in [0.2, 0.25) is 0 Å². The molecule has 0 saturated heterocycles. The molecule has 0 aliphatic rings. The number of fused-ring (bicyclic) bond motifs is 2. The molecular formula is C24H23FN5O3+. The molecule has 168 valence electrons. The van der Waals surface area contributed by atoms with E-state index in [1.165, 1.54) is 6.07 Å². The number of halogens is 1. The fourth-order valence-electron chi connectivity index (χ4n) is 3.83. The van der Waals surface area contributed by atoms with Gasteiger partial charge in [0.15, 0.2) is 5.76 Å². The van der Waals surface area contributed by atoms with Crippen LogP contribution in [-0.4, -0.2) is 40.7 Å². The Kier molecular flexibility index (Phi) is 5.47. The zero-order chi connectivity index (χ0) is 22.9. The lowest BCUT2D eigenvalue weighted by molar-refractivity contribution is -0.523. The number of ether oxygens (including phenoxy) is 2. The van der Waals surface area contributed by atoms with E-state index >= 15 is 0 Å². The van der Waals surface area contributed by atoms with Crippen molar-refractivity contribution in [1.29, 1.82) is 0 Å². The van der Waals surface area contributed by atoms with Crippen molar-refractivity contribution < 1.29 is 22.8 Å². The summed E-state index contributed by atoms with van der Waals surface area (Å²) in [7, 11) is 1.63. The van der Waals surface area contributed by atoms with Crippen molar-refractivity contribution in [2.45, 2.75) is 19.8 Å². The van der Waals surface area contributed by atoms with Gasteiger partial charge in [0.05, 0.1) is 41.7 Å². The Balaban J connectivity index is 1.52. The predicted octanol–water partition coefficient (Wildman–Crippen LogP) is 3.98. The fourth-order valence-corrected chi connectivity index (χ4v) is 3.83. The van der Waals surface area contributed by atoms with E-state index < -0.39 is 5.82 Å². The third kappa shape index (κ3) is 4.03. The van der Waals surface area contributed by atoms with Crippen molar-refractivity contribution in [2.75, 3.05) is 20.3 Å². The molecule has 4 heterocycles. The van der Waals surface area contributed by atoms with Crippen molar-refractivity contribution in [1.82, 2.24) is 20.3 Å². The molecule has 0 unspecified atom stereocenters. The van der Waals surface area contributed by atoms with Gasteiger partial charge in [0.1, 0.15) is 12.4 Å². The average Bonchev–Trinajstić information content (AvgIpc) is 3.45. The van der Waals surface area contributed by atoms with Crippen molar-refractivity contribution in [2.24, 2.45) is 0 Å². The van der Waals surface area contributed by atoms with E-state index in [-0.39, 0.29) is 11.6 Å². The van der Waals surface area contributed by atoms with Gasteiger partial charge in [-0.15, -0.1) is 5.10 Å². The molecule has 1 aromatic carbocycles. The molecule has 4 aromatic heterocycles. The first-order valence-electron chi connectivity index (χ1n) is 10.6. The lowest BCUT2D eigenvalue weighted by Crippen LogP contribution is -2.27. The molecule has 1 atom stereocenters. The monoisotopic (exact) mass is 448 g/mol. The third-order valence-electron chi connectivity index (χ3n) is 5.59. The summed E-state index contributed by atoms with van der Waals surface area (Å²) in [5.41, 5.74) is 3.42. The zero-order valence-corrected chi connectivity index (χ0v) is 18.5. The summed E-state index contributed by atoms with van der Waals surface area (Å²) in [5.74, 6) is 1.37. The van der Waals surface area contributed by atoms with Gasteiger partial charge >= 0.3 is 5.65 Å². The number of pyridine rings is 2. The summed E-state index contributed by atoms with van der Waals surface area (Å²) in [4.78, 5) is 4.47. The van der Waals surface area contributed by atoms with Crippen molar-refractivity contribution in [3.63, 3.8) is 0 Å². The summed E-state index contributed by atoms with van der Waals surface area (Å²) in [6.45, 7) is 4.82. The third-order valence-corrected chi connectivity index (χ3v) is 5.59. The van der Waals surface area contributed by atoms with Crippen LogP contribution in [0.3, 0.4) is 0 Å². The molecule has 33 heavy (non-hydrogen) atoms. The highest BCUT2D eigenvalue weighted by atomic mass is 19.1. The maximum Gasteiger partial charge on any atom is 0.341 e. The van der Waals surface area contributed by atoms with Crippen LogP contribution in [0.4, 0.5) is 4.39 Å². The Morgan fingerprint density at radius 3 is 2.85 bits per heavy atom. The highest BCUT2D eigenvalue weighted by Crippen LogP contribution is 2.27. The number of hydrogen-bond donors (Lipinski definition) is 1. The lowest BCUT2D eigenvalue weighted by Gasteiger charge is -2.10. The number of rotatable bonds is 7. The Bertz CT molecular complexity index is 1450. The molecule has 5 rings (SSSR count). The van der Waals surface area contributed by atoms with Gasteiger partial charge in [0, 0.05) is 23.7 Å². The molecule has 0 spiro atoms. The van der Waals surface area contributed by atoms with Crippen LogP contribution in [0, 0.1) is 12.7 Å². The number of nitrogens with zero attached hydrogens (tertiary/aromatic N) is 4. The van der Waals surface area contributed by atoms with Crippen LogP contribution >= 0.6 is 0 Å². The van der Waals surface area contributed by atoms with Gasteiger partial charge < -0.3 is 14.0 Å². The highest BCUT2D eigenvalue weighted by molar-refractivity contribution is 5.80. The number of nitrogens with one attached hydrogen (secondary N) is 1. The molecule has 8 nitrogen and oxygen atoms in total. The second-order valence-corrected chi connectivity index (χ2v) is 7.90. The Morgan fingerprint density at radius 2 is 2.06 bits per heavy atom. The lowest BCUT2D eigenvalue weighted by atomic mass is 9.98. The second-order valence-electron chi connectivity index (χ2n) is 7.90. The topological polar surface area (TPSA) is 90.2 Å². The van der Waals surface area contributed by atoms with Crippen LogP contribution in [0.1, 0.15) is 29.9 Å². The van der Waals surface area contributed by atoms with Gasteiger partial charge in [0.2, 0.25) is 11.6 Å². The molecular weight excluding hydrogens is 425 g/mol. The minimum Gasteiger partial charge on any atom is -0.490 e. The van der Waals surface area contributed by atoms with Crippen LogP contribution in [-0.2, 0) is 4.74 Å². The summed E-state index contributed by atoms with van der Waals surface area (Å²) in [6, 6.07) is 11.2. The molecule has 9 heteroatoms. The van der Waals surface area contributed by atoms with E-state index in [0.29, 0.717) is 30.3 Å². The van der Waals surface area contributed by atoms with Gasteiger partial charge in [0.25, 0.3) is 0 Å². The zero-order valence-electron chi connectivity index (χ0n) is 18.5. The van der Waals surface area contributed by atoms with E-state index in [9.17, 15) is 4.39 Å². The highest BCUT2D eigenvalue weighted by Gasteiger charge is 2.25. The van der Waals surface area contributed by atoms with Gasteiger partial charge in [-0.25, -0.2) is 0 Å². The summed E-state index contributed by atoms with van der Waals surface area (Å²) < 4.78 is 32.6. The predicted molar refractivity (Wildman–Crippen MR) is 119 cm³/mol. The SMILES string of the molecule is COCCOc1cnc2ccc([C@H](C)c3[nH]nc4c(F)cc(-c5cc(C)no5)c[n+]34)cc2c1. The summed E-state index contributed by atoms with van der Waals surface area (Å²) in [6.07, 6.45) is 3.51. The molecule has 1 N–H and O–H groups in total. The van der Waals surface area contributed by atoms with E-state index in [1.54, 1.807) is 30.0 Å². The number of aryl methyl sites for hydroxylation is 1. The van der Waals surface area contributed by atoms with Gasteiger partial charge in [-0.05, 0) is 43.7 Å². The van der Waals surface area contributed by atoms with Crippen LogP contribution < -0.4 is 9.14 Å². The Hall–Kier alpha value is -3.85. The molecule has 0 aliphatic carbocycles. The normalized spacial score (nSPS) is 12.5. The molecule has 0 bridgehead atoms. The van der Waals surface area contributed by atoms with Crippen molar-refractivity contribution >= 4 is 16.6 Å². The molecule has 0 fully saturated rings. The summed E-state index contributed by atoms with van der Waals surface area (Å²) >= 11 is 0. The quantitative estimate of drug-likeness (QED) is 0.299. The number of methoxy groups -OCH3 is 1. The maximum atomic E-state index is 14.8. The fraction of sp³-hybridized carbons (Fsp3) is 0.250. The smallest absolute Gasteiger partial charge is 0.341 e. The summed E-state index contributed by atoms with van der Waals surface area (Å²) in [5, 5.41) is 12.1. The van der Waals surface area contributed by atoms with Crippen LogP contribution in [0.5, 0.6) is 5.75 Å². The molecule has 0 saturated carbocycles. The first-order chi connectivity index (χ1) is 16.0. The first kappa shape index (κ1) is 21.0. The van der Waals surface area contributed by atoms with Crippen LogP contribution in [0.15, 0.2) is 53.3 Å². The Morgan fingerprint density at radius 1 is 1.18 bits per heavy atom. The molecule has 0 aliphatic heterocycles.